The summed E-state index contributed by atoms with van der Waals surface area (Å²) in [6, 6.07) is 12.2. The van der Waals surface area contributed by atoms with Crippen LogP contribution in [-0.2, 0) is 10.2 Å². The monoisotopic (exact) mass is 422 g/mol. The lowest BCUT2D eigenvalue weighted by Gasteiger charge is -2.24. The molecule has 158 valence electrons. The number of nitrogens with zero attached hydrogens (tertiary/aromatic N) is 2. The third-order valence-corrected chi connectivity index (χ3v) is 7.00. The smallest absolute Gasteiger partial charge is 0.260 e. The third kappa shape index (κ3) is 4.14. The van der Waals surface area contributed by atoms with Gasteiger partial charge in [0, 0.05) is 12.2 Å². The van der Waals surface area contributed by atoms with Crippen LogP contribution in [-0.4, -0.2) is 30.1 Å². The zero-order chi connectivity index (χ0) is 21.5. The molecule has 1 aromatic heterocycles. The number of fused-ring (bicyclic) bond motifs is 1. The van der Waals surface area contributed by atoms with E-state index in [1.165, 1.54) is 16.7 Å². The molecule has 0 saturated carbocycles. The zero-order valence-corrected chi connectivity index (χ0v) is 19.3. The van der Waals surface area contributed by atoms with Crippen molar-refractivity contribution in [2.45, 2.75) is 59.0 Å². The summed E-state index contributed by atoms with van der Waals surface area (Å²) < 4.78 is 6.97. The number of ether oxygens (including phenoxy) is 1. The fourth-order valence-electron chi connectivity index (χ4n) is 3.84. The first-order valence-electron chi connectivity index (χ1n) is 10.6. The van der Waals surface area contributed by atoms with E-state index in [1.54, 1.807) is 11.3 Å². The molecule has 1 amide bonds. The molecule has 2 heterocycles. The molecule has 0 aliphatic carbocycles. The lowest BCUT2D eigenvalue weighted by atomic mass is 9.86. The fraction of sp³-hybridized carbons (Fsp3) is 0.440. The first-order valence-corrected chi connectivity index (χ1v) is 11.5. The number of hydrogen-bond acceptors (Lipinski definition) is 4. The summed E-state index contributed by atoms with van der Waals surface area (Å²) in [4.78, 5) is 20.3. The van der Waals surface area contributed by atoms with Crippen molar-refractivity contribution in [2.24, 2.45) is 0 Å². The maximum absolute atomic E-state index is 13.6. The summed E-state index contributed by atoms with van der Waals surface area (Å²) in [5.41, 5.74) is 5.34. The van der Waals surface area contributed by atoms with Crippen LogP contribution in [0.4, 0.5) is 5.13 Å². The summed E-state index contributed by atoms with van der Waals surface area (Å²) in [5.74, 6) is -0.0145. The zero-order valence-electron chi connectivity index (χ0n) is 18.5. The van der Waals surface area contributed by atoms with E-state index in [1.807, 2.05) is 17.0 Å². The van der Waals surface area contributed by atoms with Crippen LogP contribution in [0.3, 0.4) is 0 Å². The standard InChI is InChI=1S/C25H30N2O2S/c1-16-8-13-21-22(17(16)2)26-24(30-21)27(15-20-7-6-14-29-20)23(28)18-9-11-19(12-10-18)25(3,4)5/h8-13,20H,6-7,14-15H2,1-5H3. The first-order chi connectivity index (χ1) is 14.2. The second-order valence-corrected chi connectivity index (χ2v) is 10.2. The van der Waals surface area contributed by atoms with E-state index in [2.05, 4.69) is 58.9 Å². The number of carbonyl (C=O) groups excluding carboxylic acids is 1. The van der Waals surface area contributed by atoms with Crippen LogP contribution >= 0.6 is 11.3 Å². The molecule has 1 atom stereocenters. The number of hydrogen-bond donors (Lipinski definition) is 0. The van der Waals surface area contributed by atoms with Crippen molar-refractivity contribution in [1.82, 2.24) is 4.98 Å². The normalized spacial score (nSPS) is 16.9. The molecule has 1 saturated heterocycles. The average molecular weight is 423 g/mol. The van der Waals surface area contributed by atoms with Crippen molar-refractivity contribution < 1.29 is 9.53 Å². The molecule has 4 nitrogen and oxygen atoms in total. The number of benzene rings is 2. The molecule has 1 unspecified atom stereocenters. The Balaban J connectivity index is 1.71. The molecule has 0 N–H and O–H groups in total. The minimum atomic E-state index is -0.0145. The molecular formula is C25H30N2O2S. The van der Waals surface area contributed by atoms with Gasteiger partial charge in [0.2, 0.25) is 0 Å². The van der Waals surface area contributed by atoms with E-state index < -0.39 is 0 Å². The number of aryl methyl sites for hydroxylation is 2. The lowest BCUT2D eigenvalue weighted by Crippen LogP contribution is -2.37. The molecule has 1 aliphatic heterocycles. The molecule has 3 aromatic rings. The second kappa shape index (κ2) is 8.12. The molecule has 0 radical (unpaired) electrons. The van der Waals surface area contributed by atoms with Gasteiger partial charge in [-0.05, 0) is 67.0 Å². The van der Waals surface area contributed by atoms with Crippen LogP contribution in [0.5, 0.6) is 0 Å². The van der Waals surface area contributed by atoms with Gasteiger partial charge in [-0.1, -0.05) is 50.3 Å². The molecule has 0 bridgehead atoms. The predicted molar refractivity (Wildman–Crippen MR) is 125 cm³/mol. The quantitative estimate of drug-likeness (QED) is 0.515. The molecule has 0 spiro atoms. The number of thiazole rings is 1. The molecule has 4 rings (SSSR count). The highest BCUT2D eigenvalue weighted by Crippen LogP contribution is 2.33. The Morgan fingerprint density at radius 1 is 1.17 bits per heavy atom. The average Bonchev–Trinajstić information content (AvgIpc) is 3.38. The molecule has 1 fully saturated rings. The van der Waals surface area contributed by atoms with E-state index in [0.717, 1.165) is 34.8 Å². The third-order valence-electron chi connectivity index (χ3n) is 5.96. The van der Waals surface area contributed by atoms with E-state index in [4.69, 9.17) is 9.72 Å². The second-order valence-electron chi connectivity index (χ2n) is 9.23. The summed E-state index contributed by atoms with van der Waals surface area (Å²) >= 11 is 1.58. The van der Waals surface area contributed by atoms with Gasteiger partial charge in [0.15, 0.2) is 5.13 Å². The maximum Gasteiger partial charge on any atom is 0.260 e. The minimum absolute atomic E-state index is 0.0145. The van der Waals surface area contributed by atoms with Gasteiger partial charge in [0.05, 0.1) is 22.9 Å². The minimum Gasteiger partial charge on any atom is -0.376 e. The van der Waals surface area contributed by atoms with Gasteiger partial charge < -0.3 is 4.74 Å². The molecule has 1 aliphatic rings. The maximum atomic E-state index is 13.6. The Morgan fingerprint density at radius 2 is 1.90 bits per heavy atom. The van der Waals surface area contributed by atoms with Crippen molar-refractivity contribution in [1.29, 1.82) is 0 Å². The van der Waals surface area contributed by atoms with Gasteiger partial charge in [-0.3, -0.25) is 9.69 Å². The largest absolute Gasteiger partial charge is 0.376 e. The summed E-state index contributed by atoms with van der Waals surface area (Å²) in [5, 5.41) is 0.749. The lowest BCUT2D eigenvalue weighted by molar-refractivity contribution is 0.0917. The summed E-state index contributed by atoms with van der Waals surface area (Å²) in [6.07, 6.45) is 2.10. The molecular weight excluding hydrogens is 392 g/mol. The van der Waals surface area contributed by atoms with Crippen molar-refractivity contribution in [2.75, 3.05) is 18.1 Å². The van der Waals surface area contributed by atoms with Gasteiger partial charge in [-0.2, -0.15) is 0 Å². The first kappa shape index (κ1) is 21.0. The molecule has 30 heavy (non-hydrogen) atoms. The number of carbonyl (C=O) groups is 1. The van der Waals surface area contributed by atoms with E-state index in [9.17, 15) is 4.79 Å². The summed E-state index contributed by atoms with van der Waals surface area (Å²) in [6.45, 7) is 12.0. The van der Waals surface area contributed by atoms with E-state index in [0.29, 0.717) is 12.1 Å². The predicted octanol–water partition coefficient (Wildman–Crippen LogP) is 6.04. The van der Waals surface area contributed by atoms with Crippen LogP contribution in [0.25, 0.3) is 10.2 Å². The fourth-order valence-corrected chi connectivity index (χ4v) is 4.87. The van der Waals surface area contributed by atoms with Crippen LogP contribution < -0.4 is 4.90 Å². The van der Waals surface area contributed by atoms with Gasteiger partial charge in [-0.25, -0.2) is 4.98 Å². The van der Waals surface area contributed by atoms with Crippen molar-refractivity contribution in [3.63, 3.8) is 0 Å². The van der Waals surface area contributed by atoms with Gasteiger partial charge in [0.25, 0.3) is 5.91 Å². The molecule has 5 heteroatoms. The Bertz CT molecular complexity index is 1060. The van der Waals surface area contributed by atoms with Gasteiger partial charge in [0.1, 0.15) is 0 Å². The Labute approximate surface area is 182 Å². The van der Waals surface area contributed by atoms with Crippen molar-refractivity contribution in [3.05, 3.63) is 58.7 Å². The number of anilines is 1. The summed E-state index contributed by atoms with van der Waals surface area (Å²) in [7, 11) is 0. The Kier molecular flexibility index (Phi) is 5.69. The van der Waals surface area contributed by atoms with Crippen molar-refractivity contribution >= 4 is 32.6 Å². The number of rotatable bonds is 4. The SMILES string of the molecule is Cc1ccc2sc(N(CC3CCCO3)C(=O)c3ccc(C(C)(C)C)cc3)nc2c1C. The van der Waals surface area contributed by atoms with Crippen LogP contribution in [0, 0.1) is 13.8 Å². The van der Waals surface area contributed by atoms with Crippen molar-refractivity contribution in [3.8, 4) is 0 Å². The van der Waals surface area contributed by atoms with Crippen LogP contribution in [0.1, 0.15) is 60.7 Å². The highest BCUT2D eigenvalue weighted by Gasteiger charge is 2.27. The molecule has 2 aromatic carbocycles. The van der Waals surface area contributed by atoms with E-state index in [-0.39, 0.29) is 17.4 Å². The highest BCUT2D eigenvalue weighted by atomic mass is 32.1. The Hall–Kier alpha value is -2.24. The van der Waals surface area contributed by atoms with E-state index >= 15 is 0 Å². The number of amides is 1. The van der Waals surface area contributed by atoms with Gasteiger partial charge in [-0.15, -0.1) is 0 Å². The Morgan fingerprint density at radius 3 is 2.53 bits per heavy atom. The van der Waals surface area contributed by atoms with Gasteiger partial charge >= 0.3 is 0 Å². The highest BCUT2D eigenvalue weighted by molar-refractivity contribution is 7.22. The topological polar surface area (TPSA) is 42.4 Å². The van der Waals surface area contributed by atoms with Crippen LogP contribution in [0.15, 0.2) is 36.4 Å². The number of aromatic nitrogens is 1. The van der Waals surface area contributed by atoms with Crippen LogP contribution in [0.2, 0.25) is 0 Å².